The SMILES string of the molecule is COC1CCC(Nc2ncc(C(N)=O)c(N[C@@H]3CCCC[C@@](C)(O)C3)n2)CC1.[HH]. The minimum atomic E-state index is -0.713. The normalized spacial score (nSPS) is 31.0. The van der Waals surface area contributed by atoms with E-state index in [-0.39, 0.29) is 19.1 Å². The molecule has 2 atom stereocenters. The van der Waals surface area contributed by atoms with Crippen LogP contribution in [0.4, 0.5) is 11.8 Å². The minimum absolute atomic E-state index is 0. The van der Waals surface area contributed by atoms with E-state index in [1.165, 1.54) is 6.20 Å². The van der Waals surface area contributed by atoms with Crippen LogP contribution in [0, 0.1) is 0 Å². The van der Waals surface area contributed by atoms with E-state index in [9.17, 15) is 9.90 Å². The van der Waals surface area contributed by atoms with Gasteiger partial charge in [-0.25, -0.2) is 4.98 Å². The Bertz CT molecular complexity index is 680. The second-order valence-electron chi connectivity index (χ2n) is 8.46. The summed E-state index contributed by atoms with van der Waals surface area (Å²) in [5.74, 6) is 0.377. The van der Waals surface area contributed by atoms with Crippen LogP contribution in [0.2, 0.25) is 0 Å². The fourth-order valence-electron chi connectivity index (χ4n) is 4.32. The molecular weight excluding hydrogens is 358 g/mol. The second-order valence-corrected chi connectivity index (χ2v) is 8.46. The van der Waals surface area contributed by atoms with Gasteiger partial charge in [-0.3, -0.25) is 4.79 Å². The summed E-state index contributed by atoms with van der Waals surface area (Å²) in [7, 11) is 1.76. The molecule has 1 aromatic rings. The van der Waals surface area contributed by atoms with E-state index in [2.05, 4.69) is 20.6 Å². The number of hydrogen-bond acceptors (Lipinski definition) is 7. The Morgan fingerprint density at radius 2 is 2.00 bits per heavy atom. The van der Waals surface area contributed by atoms with Crippen LogP contribution in [-0.2, 0) is 4.74 Å². The number of nitrogens with two attached hydrogens (primary N) is 1. The number of aromatic nitrogens is 2. The van der Waals surface area contributed by atoms with Crippen LogP contribution in [-0.4, -0.2) is 51.9 Å². The van der Waals surface area contributed by atoms with E-state index in [0.29, 0.717) is 24.3 Å². The number of hydrogen-bond donors (Lipinski definition) is 4. The Labute approximate surface area is 168 Å². The van der Waals surface area contributed by atoms with Crippen molar-refractivity contribution in [3.05, 3.63) is 11.8 Å². The summed E-state index contributed by atoms with van der Waals surface area (Å²) in [5, 5.41) is 17.2. The molecule has 0 aliphatic heterocycles. The van der Waals surface area contributed by atoms with Gasteiger partial charge in [0, 0.05) is 26.8 Å². The largest absolute Gasteiger partial charge is 0.390 e. The van der Waals surface area contributed by atoms with Gasteiger partial charge < -0.3 is 26.2 Å². The lowest BCUT2D eigenvalue weighted by Gasteiger charge is -2.29. The van der Waals surface area contributed by atoms with E-state index in [4.69, 9.17) is 10.5 Å². The molecule has 2 fully saturated rings. The standard InChI is InChI=1S/C20H33N5O3.H2/c1-20(27)10-4-3-5-14(11-20)23-18-16(17(21)26)12-22-19(25-18)24-13-6-8-15(28-2)9-7-13;/h12-15,27H,3-11H2,1-2H3,(H2,21,26)(H2,22,23,24,25);1H/t13?,14-,15?,20-;/m1./s1. The highest BCUT2D eigenvalue weighted by Gasteiger charge is 2.29. The molecule has 158 valence electrons. The topological polar surface area (TPSA) is 122 Å². The maximum absolute atomic E-state index is 11.8. The number of anilines is 2. The van der Waals surface area contributed by atoms with Crippen molar-refractivity contribution in [2.24, 2.45) is 5.73 Å². The highest BCUT2D eigenvalue weighted by atomic mass is 16.5. The molecule has 0 saturated heterocycles. The number of carbonyl (C=O) groups is 1. The number of rotatable bonds is 6. The lowest BCUT2D eigenvalue weighted by atomic mass is 9.93. The zero-order chi connectivity index (χ0) is 20.1. The zero-order valence-corrected chi connectivity index (χ0v) is 16.9. The smallest absolute Gasteiger partial charge is 0.254 e. The van der Waals surface area contributed by atoms with Crippen molar-refractivity contribution in [3.63, 3.8) is 0 Å². The predicted molar refractivity (Wildman–Crippen MR) is 110 cm³/mol. The second kappa shape index (κ2) is 9.05. The Morgan fingerprint density at radius 1 is 1.25 bits per heavy atom. The van der Waals surface area contributed by atoms with Crippen LogP contribution >= 0.6 is 0 Å². The van der Waals surface area contributed by atoms with E-state index >= 15 is 0 Å². The van der Waals surface area contributed by atoms with Gasteiger partial charge in [-0.2, -0.15) is 4.98 Å². The quantitative estimate of drug-likeness (QED) is 0.548. The van der Waals surface area contributed by atoms with Gasteiger partial charge in [0.25, 0.3) is 5.91 Å². The Kier molecular flexibility index (Phi) is 6.72. The predicted octanol–water partition coefficient (Wildman–Crippen LogP) is 2.69. The monoisotopic (exact) mass is 393 g/mol. The van der Waals surface area contributed by atoms with Crippen molar-refractivity contribution < 1.29 is 16.1 Å². The molecule has 3 rings (SSSR count). The van der Waals surface area contributed by atoms with E-state index in [1.54, 1.807) is 7.11 Å². The fourth-order valence-corrected chi connectivity index (χ4v) is 4.32. The van der Waals surface area contributed by atoms with Crippen molar-refractivity contribution in [1.82, 2.24) is 9.97 Å². The molecule has 8 heteroatoms. The molecule has 0 aromatic carbocycles. The van der Waals surface area contributed by atoms with Gasteiger partial charge >= 0.3 is 0 Å². The third kappa shape index (κ3) is 5.54. The molecule has 0 unspecified atom stereocenters. The number of amides is 1. The van der Waals surface area contributed by atoms with Gasteiger partial charge in [0.05, 0.1) is 17.3 Å². The summed E-state index contributed by atoms with van der Waals surface area (Å²) < 4.78 is 5.42. The van der Waals surface area contributed by atoms with Crippen LogP contribution < -0.4 is 16.4 Å². The van der Waals surface area contributed by atoms with Crippen LogP contribution in [0.15, 0.2) is 6.20 Å². The molecule has 0 radical (unpaired) electrons. The van der Waals surface area contributed by atoms with Gasteiger partial charge in [0.1, 0.15) is 5.82 Å². The molecule has 8 nitrogen and oxygen atoms in total. The number of aliphatic hydroxyl groups is 1. The third-order valence-electron chi connectivity index (χ3n) is 5.94. The summed E-state index contributed by atoms with van der Waals surface area (Å²) in [6.45, 7) is 1.87. The maximum atomic E-state index is 11.8. The van der Waals surface area contributed by atoms with Gasteiger partial charge in [0.15, 0.2) is 0 Å². The molecule has 2 aliphatic rings. The third-order valence-corrected chi connectivity index (χ3v) is 5.94. The highest BCUT2D eigenvalue weighted by Crippen LogP contribution is 2.29. The Balaban J connectivity index is 0.00000300. The Morgan fingerprint density at radius 3 is 2.68 bits per heavy atom. The minimum Gasteiger partial charge on any atom is -0.390 e. The molecule has 1 aromatic heterocycles. The number of primary amides is 1. The first-order valence-corrected chi connectivity index (χ1v) is 10.3. The van der Waals surface area contributed by atoms with Gasteiger partial charge in [-0.05, 0) is 51.9 Å². The summed E-state index contributed by atoms with van der Waals surface area (Å²) in [6.07, 6.45) is 10.2. The summed E-state index contributed by atoms with van der Waals surface area (Å²) in [4.78, 5) is 20.7. The van der Waals surface area contributed by atoms with E-state index < -0.39 is 11.5 Å². The van der Waals surface area contributed by atoms with E-state index in [1.807, 2.05) is 6.92 Å². The number of nitrogens with one attached hydrogen (secondary N) is 2. The Hall–Kier alpha value is -1.93. The van der Waals surface area contributed by atoms with Crippen LogP contribution in [0.25, 0.3) is 0 Å². The molecule has 1 heterocycles. The van der Waals surface area contributed by atoms with Crippen molar-refractivity contribution in [1.29, 1.82) is 0 Å². The van der Waals surface area contributed by atoms with Crippen LogP contribution in [0.5, 0.6) is 0 Å². The first kappa shape index (κ1) is 20.8. The number of methoxy groups -OCH3 is 1. The molecule has 2 saturated carbocycles. The first-order chi connectivity index (χ1) is 13.4. The average Bonchev–Trinajstić information content (AvgIpc) is 2.82. The van der Waals surface area contributed by atoms with Gasteiger partial charge in [-0.15, -0.1) is 0 Å². The lowest BCUT2D eigenvalue weighted by molar-refractivity contribution is 0.0420. The molecule has 0 spiro atoms. The van der Waals surface area contributed by atoms with Gasteiger partial charge in [0.2, 0.25) is 5.95 Å². The maximum Gasteiger partial charge on any atom is 0.254 e. The number of ether oxygens (including phenoxy) is 1. The summed E-state index contributed by atoms with van der Waals surface area (Å²) >= 11 is 0. The molecule has 2 aliphatic carbocycles. The zero-order valence-electron chi connectivity index (χ0n) is 16.9. The van der Waals surface area contributed by atoms with Gasteiger partial charge in [-0.1, -0.05) is 12.8 Å². The molecule has 1 amide bonds. The average molecular weight is 394 g/mol. The summed E-state index contributed by atoms with van der Waals surface area (Å²) in [5.41, 5.74) is 5.09. The van der Waals surface area contributed by atoms with Crippen molar-refractivity contribution in [2.45, 2.75) is 88.5 Å². The first-order valence-electron chi connectivity index (χ1n) is 10.3. The van der Waals surface area contributed by atoms with Crippen molar-refractivity contribution in [3.8, 4) is 0 Å². The van der Waals surface area contributed by atoms with Crippen molar-refractivity contribution in [2.75, 3.05) is 17.7 Å². The molecule has 0 bridgehead atoms. The van der Waals surface area contributed by atoms with Crippen molar-refractivity contribution >= 4 is 17.7 Å². The molecule has 28 heavy (non-hydrogen) atoms. The molecule has 5 N–H and O–H groups in total. The van der Waals surface area contributed by atoms with E-state index in [0.717, 1.165) is 51.4 Å². The number of carbonyl (C=O) groups excluding carboxylic acids is 1. The fraction of sp³-hybridized carbons (Fsp3) is 0.750. The summed E-state index contributed by atoms with van der Waals surface area (Å²) in [6, 6.07) is 0.327. The van der Waals surface area contributed by atoms with Crippen LogP contribution in [0.1, 0.15) is 76.5 Å². The molecular formula is C20H35N5O3. The highest BCUT2D eigenvalue weighted by molar-refractivity contribution is 5.97. The lowest BCUT2D eigenvalue weighted by Crippen LogP contribution is -2.33. The number of nitrogens with zero attached hydrogens (tertiary/aromatic N) is 2. The van der Waals surface area contributed by atoms with Crippen LogP contribution in [0.3, 0.4) is 0 Å².